The number of rotatable bonds is 6. The fraction of sp³-hybridized carbons (Fsp3) is 0.478. The van der Waals surface area contributed by atoms with Gasteiger partial charge in [0.1, 0.15) is 5.82 Å². The van der Waals surface area contributed by atoms with Gasteiger partial charge in [0.15, 0.2) is 0 Å². The lowest BCUT2D eigenvalue weighted by Crippen LogP contribution is -2.28. The molecule has 2 heterocycles. The Morgan fingerprint density at radius 1 is 1.04 bits per heavy atom. The Labute approximate surface area is 167 Å². The summed E-state index contributed by atoms with van der Waals surface area (Å²) in [4.78, 5) is 16.9. The molecule has 0 radical (unpaired) electrons. The SMILES string of the molecule is CC(C)c1cccc(C(C)C)c1Nc1ccc(NC(=O)C2CCOCC2)cn1. The van der Waals surface area contributed by atoms with Crippen molar-refractivity contribution in [1.82, 2.24) is 4.98 Å². The van der Waals surface area contributed by atoms with Gasteiger partial charge in [-0.3, -0.25) is 4.79 Å². The highest BCUT2D eigenvalue weighted by molar-refractivity contribution is 5.92. The van der Waals surface area contributed by atoms with E-state index in [1.54, 1.807) is 6.20 Å². The van der Waals surface area contributed by atoms with Crippen LogP contribution in [-0.2, 0) is 9.53 Å². The molecule has 2 N–H and O–H groups in total. The molecule has 1 aromatic heterocycles. The van der Waals surface area contributed by atoms with Crippen LogP contribution >= 0.6 is 0 Å². The minimum atomic E-state index is 0.0260. The number of nitrogens with one attached hydrogen (secondary N) is 2. The van der Waals surface area contributed by atoms with Gasteiger partial charge >= 0.3 is 0 Å². The van der Waals surface area contributed by atoms with Crippen molar-refractivity contribution in [3.8, 4) is 0 Å². The minimum absolute atomic E-state index is 0.0260. The maximum Gasteiger partial charge on any atom is 0.227 e. The standard InChI is InChI=1S/C23H31N3O2/c1-15(2)19-6-5-7-20(16(3)4)22(19)26-21-9-8-18(14-24-21)25-23(27)17-10-12-28-13-11-17/h5-9,14-17H,10-13H2,1-4H3,(H,24,26)(H,25,27). The van der Waals surface area contributed by atoms with E-state index in [1.165, 1.54) is 11.1 Å². The van der Waals surface area contributed by atoms with Crippen molar-refractivity contribution in [2.45, 2.75) is 52.4 Å². The highest BCUT2D eigenvalue weighted by atomic mass is 16.5. The number of aromatic nitrogens is 1. The average molecular weight is 382 g/mol. The third-order valence-corrected chi connectivity index (χ3v) is 5.25. The van der Waals surface area contributed by atoms with Crippen molar-refractivity contribution in [3.63, 3.8) is 0 Å². The summed E-state index contributed by atoms with van der Waals surface area (Å²) >= 11 is 0. The van der Waals surface area contributed by atoms with E-state index in [0.29, 0.717) is 25.0 Å². The van der Waals surface area contributed by atoms with Gasteiger partial charge < -0.3 is 15.4 Å². The van der Waals surface area contributed by atoms with Gasteiger partial charge in [0, 0.05) is 24.8 Å². The second-order valence-electron chi connectivity index (χ2n) is 8.05. The Balaban J connectivity index is 1.73. The first-order valence-electron chi connectivity index (χ1n) is 10.2. The number of nitrogens with zero attached hydrogens (tertiary/aromatic N) is 1. The second-order valence-corrected chi connectivity index (χ2v) is 8.05. The molecule has 0 spiro atoms. The van der Waals surface area contributed by atoms with Gasteiger partial charge in [0.25, 0.3) is 0 Å². The maximum absolute atomic E-state index is 12.4. The molecular formula is C23H31N3O2. The Kier molecular flexibility index (Phi) is 6.68. The third kappa shape index (κ3) is 4.90. The van der Waals surface area contributed by atoms with E-state index in [2.05, 4.69) is 61.5 Å². The maximum atomic E-state index is 12.4. The molecule has 0 bridgehead atoms. The van der Waals surface area contributed by atoms with Crippen molar-refractivity contribution in [2.75, 3.05) is 23.8 Å². The molecule has 1 fully saturated rings. The number of anilines is 3. The predicted octanol–water partition coefficient (Wildman–Crippen LogP) is 5.44. The van der Waals surface area contributed by atoms with E-state index in [0.717, 1.165) is 30.0 Å². The number of ether oxygens (including phenoxy) is 1. The molecule has 0 aliphatic carbocycles. The van der Waals surface area contributed by atoms with Crippen LogP contribution in [0.15, 0.2) is 36.5 Å². The molecule has 5 heteroatoms. The summed E-state index contributed by atoms with van der Waals surface area (Å²) in [7, 11) is 0. The van der Waals surface area contributed by atoms with E-state index >= 15 is 0 Å². The second kappa shape index (κ2) is 9.20. The van der Waals surface area contributed by atoms with Crippen molar-refractivity contribution in [2.24, 2.45) is 5.92 Å². The molecular weight excluding hydrogens is 350 g/mol. The summed E-state index contributed by atoms with van der Waals surface area (Å²) in [5.74, 6) is 1.69. The van der Waals surface area contributed by atoms with Gasteiger partial charge in [-0.1, -0.05) is 45.9 Å². The Hall–Kier alpha value is -2.40. The topological polar surface area (TPSA) is 63.2 Å². The molecule has 28 heavy (non-hydrogen) atoms. The molecule has 1 saturated heterocycles. The van der Waals surface area contributed by atoms with Crippen molar-refractivity contribution >= 4 is 23.1 Å². The smallest absolute Gasteiger partial charge is 0.227 e. The number of carbonyl (C=O) groups excluding carboxylic acids is 1. The zero-order chi connectivity index (χ0) is 20.1. The first kappa shape index (κ1) is 20.3. The molecule has 1 aliphatic rings. The Morgan fingerprint density at radius 3 is 2.21 bits per heavy atom. The Morgan fingerprint density at radius 2 is 1.68 bits per heavy atom. The lowest BCUT2D eigenvalue weighted by Gasteiger charge is -2.21. The van der Waals surface area contributed by atoms with E-state index in [-0.39, 0.29) is 11.8 Å². The summed E-state index contributed by atoms with van der Waals surface area (Å²) in [5, 5.41) is 6.48. The summed E-state index contributed by atoms with van der Waals surface area (Å²) < 4.78 is 5.32. The van der Waals surface area contributed by atoms with E-state index in [1.807, 2.05) is 12.1 Å². The van der Waals surface area contributed by atoms with Gasteiger partial charge in [0.2, 0.25) is 5.91 Å². The fourth-order valence-electron chi connectivity index (χ4n) is 3.57. The van der Waals surface area contributed by atoms with E-state index < -0.39 is 0 Å². The van der Waals surface area contributed by atoms with Crippen LogP contribution in [0.25, 0.3) is 0 Å². The van der Waals surface area contributed by atoms with Crippen LogP contribution in [0.5, 0.6) is 0 Å². The van der Waals surface area contributed by atoms with Gasteiger partial charge in [0.05, 0.1) is 11.9 Å². The van der Waals surface area contributed by atoms with Crippen LogP contribution in [0, 0.1) is 5.92 Å². The summed E-state index contributed by atoms with van der Waals surface area (Å²) in [5.41, 5.74) is 4.43. The molecule has 5 nitrogen and oxygen atoms in total. The van der Waals surface area contributed by atoms with Crippen LogP contribution in [-0.4, -0.2) is 24.1 Å². The number of carbonyl (C=O) groups is 1. The zero-order valence-electron chi connectivity index (χ0n) is 17.3. The molecule has 2 aromatic rings. The van der Waals surface area contributed by atoms with Crippen LogP contribution in [0.4, 0.5) is 17.2 Å². The number of hydrogen-bond acceptors (Lipinski definition) is 4. The van der Waals surface area contributed by atoms with Gasteiger partial charge in [-0.25, -0.2) is 4.98 Å². The van der Waals surface area contributed by atoms with E-state index in [4.69, 9.17) is 4.74 Å². The number of hydrogen-bond donors (Lipinski definition) is 2. The van der Waals surface area contributed by atoms with Crippen LogP contribution in [0.2, 0.25) is 0 Å². The lowest BCUT2D eigenvalue weighted by molar-refractivity contribution is -0.122. The monoisotopic (exact) mass is 381 g/mol. The summed E-state index contributed by atoms with van der Waals surface area (Å²) in [6, 6.07) is 10.3. The molecule has 1 aromatic carbocycles. The number of benzene rings is 1. The third-order valence-electron chi connectivity index (χ3n) is 5.25. The summed E-state index contributed by atoms with van der Waals surface area (Å²) in [6.07, 6.45) is 3.28. The highest BCUT2D eigenvalue weighted by Crippen LogP contribution is 2.34. The lowest BCUT2D eigenvalue weighted by atomic mass is 9.92. The minimum Gasteiger partial charge on any atom is -0.381 e. The number of para-hydroxylation sites is 1. The molecule has 0 unspecified atom stereocenters. The molecule has 0 saturated carbocycles. The van der Waals surface area contributed by atoms with Crippen molar-refractivity contribution < 1.29 is 9.53 Å². The largest absolute Gasteiger partial charge is 0.381 e. The first-order chi connectivity index (χ1) is 13.5. The van der Waals surface area contributed by atoms with Crippen LogP contribution < -0.4 is 10.6 Å². The number of amides is 1. The number of pyridine rings is 1. The van der Waals surface area contributed by atoms with Crippen LogP contribution in [0.3, 0.4) is 0 Å². The average Bonchev–Trinajstić information content (AvgIpc) is 2.70. The molecule has 0 atom stereocenters. The summed E-state index contributed by atoms with van der Waals surface area (Å²) in [6.45, 7) is 10.1. The van der Waals surface area contributed by atoms with Crippen molar-refractivity contribution in [1.29, 1.82) is 0 Å². The quantitative estimate of drug-likeness (QED) is 0.700. The van der Waals surface area contributed by atoms with Gasteiger partial charge in [-0.15, -0.1) is 0 Å². The van der Waals surface area contributed by atoms with Crippen molar-refractivity contribution in [3.05, 3.63) is 47.7 Å². The molecule has 1 amide bonds. The predicted molar refractivity (Wildman–Crippen MR) is 114 cm³/mol. The fourth-order valence-corrected chi connectivity index (χ4v) is 3.57. The van der Waals surface area contributed by atoms with Crippen LogP contribution in [0.1, 0.15) is 63.5 Å². The zero-order valence-corrected chi connectivity index (χ0v) is 17.3. The first-order valence-corrected chi connectivity index (χ1v) is 10.2. The molecule has 3 rings (SSSR count). The highest BCUT2D eigenvalue weighted by Gasteiger charge is 2.21. The van der Waals surface area contributed by atoms with E-state index in [9.17, 15) is 4.79 Å². The molecule has 150 valence electrons. The Bertz CT molecular complexity index is 768. The molecule has 1 aliphatic heterocycles. The normalized spacial score (nSPS) is 15.1. The van der Waals surface area contributed by atoms with Gasteiger partial charge in [-0.05, 0) is 47.9 Å². The van der Waals surface area contributed by atoms with Gasteiger partial charge in [-0.2, -0.15) is 0 Å².